The van der Waals surface area contributed by atoms with E-state index in [2.05, 4.69) is 4.74 Å². The normalized spacial score (nSPS) is 10.6. The number of ether oxygens (including phenoxy) is 3. The van der Waals surface area contributed by atoms with Gasteiger partial charge in [0.2, 0.25) is 0 Å². The molecule has 4 nitrogen and oxygen atoms in total. The minimum Gasteiger partial charge on any atom is -0.493 e. The number of rotatable bonds is 8. The zero-order valence-corrected chi connectivity index (χ0v) is 13.5. The molecule has 0 aliphatic rings. The lowest BCUT2D eigenvalue weighted by molar-refractivity contribution is -0.145. The van der Waals surface area contributed by atoms with Crippen LogP contribution in [0.15, 0.2) is 42.5 Å². The topological polar surface area (TPSA) is 44.8 Å². The number of hydrogen-bond donors (Lipinski definition) is 0. The van der Waals surface area contributed by atoms with Crippen LogP contribution < -0.4 is 9.47 Å². The van der Waals surface area contributed by atoms with Crippen molar-refractivity contribution < 1.29 is 32.2 Å². The van der Waals surface area contributed by atoms with Gasteiger partial charge in [-0.2, -0.15) is 8.78 Å². The highest BCUT2D eigenvalue weighted by Gasteiger charge is 2.16. The van der Waals surface area contributed by atoms with E-state index in [-0.39, 0.29) is 35.9 Å². The smallest absolute Gasteiger partial charge is 0.387 e. The van der Waals surface area contributed by atoms with Crippen LogP contribution in [-0.2, 0) is 22.6 Å². The first-order valence-corrected chi connectivity index (χ1v) is 7.50. The second-order valence-electron chi connectivity index (χ2n) is 5.12. The Hall–Kier alpha value is -2.70. The van der Waals surface area contributed by atoms with Gasteiger partial charge >= 0.3 is 12.6 Å². The van der Waals surface area contributed by atoms with Gasteiger partial charge in [0.25, 0.3) is 0 Å². The van der Waals surface area contributed by atoms with Gasteiger partial charge in [0.1, 0.15) is 12.4 Å². The first kappa shape index (κ1) is 18.6. The number of alkyl halides is 2. The van der Waals surface area contributed by atoms with Crippen LogP contribution in [0.3, 0.4) is 0 Å². The summed E-state index contributed by atoms with van der Waals surface area (Å²) in [6.45, 7) is -3.26. The summed E-state index contributed by atoms with van der Waals surface area (Å²) >= 11 is 0. The molecule has 0 aromatic heterocycles. The highest BCUT2D eigenvalue weighted by atomic mass is 19.3. The first-order chi connectivity index (χ1) is 12.0. The molecular weight excluding hydrogens is 337 g/mol. The molecule has 2 aromatic rings. The van der Waals surface area contributed by atoms with Crippen LogP contribution in [0.4, 0.5) is 13.2 Å². The number of benzene rings is 2. The summed E-state index contributed by atoms with van der Waals surface area (Å²) in [6.07, 6.45) is 0.355. The summed E-state index contributed by atoms with van der Waals surface area (Å²) in [5.41, 5.74) is 0.929. The van der Waals surface area contributed by atoms with Gasteiger partial charge in [-0.1, -0.05) is 24.3 Å². The van der Waals surface area contributed by atoms with E-state index in [0.29, 0.717) is 12.0 Å². The van der Waals surface area contributed by atoms with E-state index in [1.165, 1.54) is 31.4 Å². The predicted molar refractivity (Wildman–Crippen MR) is 84.1 cm³/mol. The van der Waals surface area contributed by atoms with Crippen molar-refractivity contribution in [2.24, 2.45) is 0 Å². The summed E-state index contributed by atoms with van der Waals surface area (Å²) in [6, 6.07) is 10.5. The third kappa shape index (κ3) is 5.70. The Morgan fingerprint density at radius 2 is 1.92 bits per heavy atom. The molecule has 134 valence electrons. The van der Waals surface area contributed by atoms with Gasteiger partial charge in [0.15, 0.2) is 11.5 Å². The van der Waals surface area contributed by atoms with E-state index in [4.69, 9.17) is 9.47 Å². The van der Waals surface area contributed by atoms with Gasteiger partial charge in [0.05, 0.1) is 7.11 Å². The number of carbonyl (C=O) groups is 1. The lowest BCUT2D eigenvalue weighted by Gasteiger charge is -2.14. The highest BCUT2D eigenvalue weighted by Crippen LogP contribution is 2.32. The number of para-hydroxylation sites is 1. The number of carbonyl (C=O) groups excluding carboxylic acids is 1. The Balaban J connectivity index is 1.95. The third-order valence-corrected chi connectivity index (χ3v) is 3.38. The molecule has 0 saturated carbocycles. The van der Waals surface area contributed by atoms with Gasteiger partial charge in [-0.3, -0.25) is 4.79 Å². The van der Waals surface area contributed by atoms with E-state index in [0.717, 1.165) is 0 Å². The third-order valence-electron chi connectivity index (χ3n) is 3.38. The Kier molecular flexibility index (Phi) is 6.68. The molecule has 7 heteroatoms. The predicted octanol–water partition coefficient (Wildman–Crippen LogP) is 4.11. The van der Waals surface area contributed by atoms with Crippen molar-refractivity contribution in [3.63, 3.8) is 0 Å². The van der Waals surface area contributed by atoms with Crippen LogP contribution >= 0.6 is 0 Å². The lowest BCUT2D eigenvalue weighted by atomic mass is 10.1. The van der Waals surface area contributed by atoms with Crippen LogP contribution in [0.1, 0.15) is 17.5 Å². The van der Waals surface area contributed by atoms with Crippen molar-refractivity contribution in [2.45, 2.75) is 26.1 Å². The van der Waals surface area contributed by atoms with E-state index in [1.54, 1.807) is 18.2 Å². The summed E-state index contributed by atoms with van der Waals surface area (Å²) in [5.74, 6) is -0.961. The van der Waals surface area contributed by atoms with E-state index >= 15 is 0 Å². The zero-order chi connectivity index (χ0) is 18.2. The number of methoxy groups -OCH3 is 1. The quantitative estimate of drug-likeness (QED) is 0.669. The molecule has 0 atom stereocenters. The maximum Gasteiger partial charge on any atom is 0.387 e. The Bertz CT molecular complexity index is 719. The molecule has 0 saturated heterocycles. The molecule has 0 spiro atoms. The Labute approximate surface area is 143 Å². The largest absolute Gasteiger partial charge is 0.493 e. The van der Waals surface area contributed by atoms with Crippen molar-refractivity contribution in [1.29, 1.82) is 0 Å². The second kappa shape index (κ2) is 8.96. The van der Waals surface area contributed by atoms with Crippen molar-refractivity contribution in [3.8, 4) is 11.5 Å². The number of esters is 1. The molecule has 0 unspecified atom stereocenters. The fourth-order valence-corrected chi connectivity index (χ4v) is 2.23. The van der Waals surface area contributed by atoms with Crippen LogP contribution in [0.25, 0.3) is 0 Å². The molecule has 0 aliphatic heterocycles. The zero-order valence-electron chi connectivity index (χ0n) is 13.5. The summed E-state index contributed by atoms with van der Waals surface area (Å²) < 4.78 is 52.7. The Morgan fingerprint density at radius 3 is 2.60 bits per heavy atom. The van der Waals surface area contributed by atoms with E-state index in [9.17, 15) is 18.0 Å². The molecule has 0 fully saturated rings. The van der Waals surface area contributed by atoms with Gasteiger partial charge < -0.3 is 14.2 Å². The molecule has 0 aliphatic carbocycles. The molecule has 0 N–H and O–H groups in total. The van der Waals surface area contributed by atoms with Gasteiger partial charge in [0, 0.05) is 12.0 Å². The summed E-state index contributed by atoms with van der Waals surface area (Å²) in [4.78, 5) is 11.8. The molecule has 0 radical (unpaired) electrons. The maximum absolute atomic E-state index is 13.1. The maximum atomic E-state index is 13.1. The minimum atomic E-state index is -3.03. The average molecular weight is 354 g/mol. The van der Waals surface area contributed by atoms with Crippen LogP contribution in [0, 0.1) is 5.82 Å². The standard InChI is InChI=1S/C18H17F3O4/c1-23-15-7-3-5-13(17(15)25-18(20)21)11-24-16(22)9-8-12-4-2-6-14(19)10-12/h2-7,10,18H,8-9,11H2,1H3. The molecular formula is C18H17F3O4. The fourth-order valence-electron chi connectivity index (χ4n) is 2.23. The number of hydrogen-bond acceptors (Lipinski definition) is 4. The van der Waals surface area contributed by atoms with Crippen LogP contribution in [-0.4, -0.2) is 19.7 Å². The molecule has 25 heavy (non-hydrogen) atoms. The van der Waals surface area contributed by atoms with Gasteiger partial charge in [-0.05, 0) is 30.2 Å². The van der Waals surface area contributed by atoms with Gasteiger partial charge in [-0.15, -0.1) is 0 Å². The van der Waals surface area contributed by atoms with Crippen molar-refractivity contribution >= 4 is 5.97 Å². The van der Waals surface area contributed by atoms with Crippen LogP contribution in [0.2, 0.25) is 0 Å². The van der Waals surface area contributed by atoms with E-state index in [1.807, 2.05) is 0 Å². The summed E-state index contributed by atoms with van der Waals surface area (Å²) in [5, 5.41) is 0. The van der Waals surface area contributed by atoms with Crippen molar-refractivity contribution in [3.05, 3.63) is 59.4 Å². The monoisotopic (exact) mass is 354 g/mol. The fraction of sp³-hybridized carbons (Fsp3) is 0.278. The second-order valence-corrected chi connectivity index (χ2v) is 5.12. The molecule has 0 bridgehead atoms. The number of aryl methyl sites for hydroxylation is 1. The number of halogens is 3. The Morgan fingerprint density at radius 1 is 1.16 bits per heavy atom. The molecule has 0 heterocycles. The molecule has 2 aromatic carbocycles. The molecule has 0 amide bonds. The lowest BCUT2D eigenvalue weighted by Crippen LogP contribution is -2.10. The highest BCUT2D eigenvalue weighted by molar-refractivity contribution is 5.69. The van der Waals surface area contributed by atoms with Gasteiger partial charge in [-0.25, -0.2) is 4.39 Å². The molecule has 2 rings (SSSR count). The summed E-state index contributed by atoms with van der Waals surface area (Å²) in [7, 11) is 1.32. The van der Waals surface area contributed by atoms with Crippen LogP contribution in [0.5, 0.6) is 11.5 Å². The minimum absolute atomic E-state index is 0.0401. The van der Waals surface area contributed by atoms with Crippen molar-refractivity contribution in [1.82, 2.24) is 0 Å². The van der Waals surface area contributed by atoms with Crippen molar-refractivity contribution in [2.75, 3.05) is 7.11 Å². The first-order valence-electron chi connectivity index (χ1n) is 7.50. The SMILES string of the molecule is COc1cccc(COC(=O)CCc2cccc(F)c2)c1OC(F)F. The van der Waals surface area contributed by atoms with E-state index < -0.39 is 12.6 Å². The average Bonchev–Trinajstić information content (AvgIpc) is 2.58.